The highest BCUT2D eigenvalue weighted by molar-refractivity contribution is 5.67. The van der Waals surface area contributed by atoms with Gasteiger partial charge >= 0.3 is 6.09 Å². The second kappa shape index (κ2) is 6.78. The van der Waals surface area contributed by atoms with Gasteiger partial charge in [-0.25, -0.2) is 4.79 Å². The van der Waals surface area contributed by atoms with Crippen LogP contribution in [0.15, 0.2) is 30.3 Å². The third kappa shape index (κ3) is 4.28. The lowest BCUT2D eigenvalue weighted by Crippen LogP contribution is -2.33. The first-order valence-electron chi connectivity index (χ1n) is 6.34. The van der Waals surface area contributed by atoms with Gasteiger partial charge in [-0.3, -0.25) is 4.79 Å². The quantitative estimate of drug-likeness (QED) is 0.825. The zero-order valence-corrected chi connectivity index (χ0v) is 10.6. The molecule has 2 atom stereocenters. The monoisotopic (exact) mass is 263 g/mol. The molecular formula is C14H17NO4. The number of rotatable bonds is 5. The fourth-order valence-corrected chi connectivity index (χ4v) is 2.20. The van der Waals surface area contributed by atoms with Crippen molar-refractivity contribution >= 4 is 12.6 Å². The minimum atomic E-state index is -0.430. The normalized spacial score (nSPS) is 21.7. The molecule has 0 aromatic heterocycles. The van der Waals surface area contributed by atoms with E-state index in [-0.39, 0.29) is 18.8 Å². The van der Waals surface area contributed by atoms with E-state index in [0.717, 1.165) is 18.4 Å². The van der Waals surface area contributed by atoms with Crippen LogP contribution in [0.5, 0.6) is 0 Å². The average Bonchev–Trinajstić information content (AvgIpc) is 2.85. The Balaban J connectivity index is 1.69. The first-order valence-corrected chi connectivity index (χ1v) is 6.34. The van der Waals surface area contributed by atoms with E-state index in [9.17, 15) is 9.59 Å². The van der Waals surface area contributed by atoms with Gasteiger partial charge in [-0.05, 0) is 18.4 Å². The van der Waals surface area contributed by atoms with E-state index in [1.54, 1.807) is 0 Å². The van der Waals surface area contributed by atoms with Crippen LogP contribution in [0.1, 0.15) is 24.8 Å². The maximum absolute atomic E-state index is 11.6. The second-order valence-electron chi connectivity index (χ2n) is 4.57. The van der Waals surface area contributed by atoms with E-state index in [0.29, 0.717) is 12.9 Å². The van der Waals surface area contributed by atoms with Crippen LogP contribution in [0.3, 0.4) is 0 Å². The number of nitrogens with one attached hydrogen (secondary N) is 1. The summed E-state index contributed by atoms with van der Waals surface area (Å²) in [5.41, 5.74) is 0.950. The highest BCUT2D eigenvalue weighted by Gasteiger charge is 2.27. The van der Waals surface area contributed by atoms with E-state index in [1.165, 1.54) is 0 Å². The Labute approximate surface area is 111 Å². The minimum Gasteiger partial charge on any atom is -0.465 e. The van der Waals surface area contributed by atoms with Crippen molar-refractivity contribution in [3.63, 3.8) is 0 Å². The molecule has 1 aliphatic carbocycles. The van der Waals surface area contributed by atoms with Crippen LogP contribution in [0.4, 0.5) is 4.79 Å². The van der Waals surface area contributed by atoms with Crippen LogP contribution in [0.2, 0.25) is 0 Å². The van der Waals surface area contributed by atoms with Gasteiger partial charge < -0.3 is 14.8 Å². The number of carbonyl (C=O) groups is 2. The summed E-state index contributed by atoms with van der Waals surface area (Å²) < 4.78 is 10.00. The molecule has 0 unspecified atom stereocenters. The van der Waals surface area contributed by atoms with E-state index in [4.69, 9.17) is 9.47 Å². The summed E-state index contributed by atoms with van der Waals surface area (Å²) in [4.78, 5) is 21.8. The molecule has 1 N–H and O–H groups in total. The molecule has 2 rings (SSSR count). The molecular weight excluding hydrogens is 246 g/mol. The van der Waals surface area contributed by atoms with Gasteiger partial charge in [-0.1, -0.05) is 30.3 Å². The van der Waals surface area contributed by atoms with Gasteiger partial charge in [0.05, 0.1) is 0 Å². The largest absolute Gasteiger partial charge is 0.465 e. The lowest BCUT2D eigenvalue weighted by molar-refractivity contribution is -0.133. The van der Waals surface area contributed by atoms with Crippen LogP contribution in [-0.4, -0.2) is 24.7 Å². The summed E-state index contributed by atoms with van der Waals surface area (Å²) in [5, 5.41) is 2.78. The number of amides is 1. The van der Waals surface area contributed by atoms with Crippen molar-refractivity contribution in [1.29, 1.82) is 0 Å². The molecule has 0 radical (unpaired) electrons. The van der Waals surface area contributed by atoms with E-state index in [2.05, 4.69) is 5.32 Å². The molecule has 0 spiro atoms. The van der Waals surface area contributed by atoms with Crippen LogP contribution in [0, 0.1) is 0 Å². The Bertz CT molecular complexity index is 421. The molecule has 102 valence electrons. The molecule has 5 heteroatoms. The number of alkyl carbamates (subject to hydrolysis) is 1. The molecule has 0 heterocycles. The zero-order chi connectivity index (χ0) is 13.5. The molecule has 0 saturated heterocycles. The SMILES string of the molecule is O=CO[C@H]1CC[C@H](NC(=O)OCc2ccccc2)C1. The predicted molar refractivity (Wildman–Crippen MR) is 68.3 cm³/mol. The summed E-state index contributed by atoms with van der Waals surface area (Å²) in [6.45, 7) is 0.717. The molecule has 1 aromatic rings. The number of hydrogen-bond acceptors (Lipinski definition) is 4. The molecule has 1 saturated carbocycles. The summed E-state index contributed by atoms with van der Waals surface area (Å²) in [6.07, 6.45) is 1.72. The molecule has 5 nitrogen and oxygen atoms in total. The Morgan fingerprint density at radius 3 is 2.84 bits per heavy atom. The van der Waals surface area contributed by atoms with Crippen LogP contribution in [0.25, 0.3) is 0 Å². The van der Waals surface area contributed by atoms with Crippen LogP contribution < -0.4 is 5.32 Å². The highest BCUT2D eigenvalue weighted by Crippen LogP contribution is 2.21. The third-order valence-corrected chi connectivity index (χ3v) is 3.17. The molecule has 1 aromatic carbocycles. The Morgan fingerprint density at radius 2 is 2.11 bits per heavy atom. The highest BCUT2D eigenvalue weighted by atomic mass is 16.5. The zero-order valence-electron chi connectivity index (χ0n) is 10.6. The number of ether oxygens (including phenoxy) is 2. The topological polar surface area (TPSA) is 64.6 Å². The summed E-state index contributed by atoms with van der Waals surface area (Å²) in [7, 11) is 0. The lowest BCUT2D eigenvalue weighted by Gasteiger charge is -2.13. The number of carbonyl (C=O) groups excluding carboxylic acids is 2. The number of benzene rings is 1. The molecule has 0 aliphatic heterocycles. The maximum Gasteiger partial charge on any atom is 0.407 e. The molecule has 1 aliphatic rings. The first kappa shape index (κ1) is 13.4. The first-order chi connectivity index (χ1) is 9.28. The fraction of sp³-hybridized carbons (Fsp3) is 0.429. The van der Waals surface area contributed by atoms with Crippen molar-refractivity contribution in [2.75, 3.05) is 0 Å². The summed E-state index contributed by atoms with van der Waals surface area (Å²) in [5.74, 6) is 0. The van der Waals surface area contributed by atoms with Gasteiger partial charge in [0.1, 0.15) is 12.7 Å². The molecule has 19 heavy (non-hydrogen) atoms. The van der Waals surface area contributed by atoms with Crippen molar-refractivity contribution < 1.29 is 19.1 Å². The summed E-state index contributed by atoms with van der Waals surface area (Å²) in [6, 6.07) is 9.53. The maximum atomic E-state index is 11.6. The fourth-order valence-electron chi connectivity index (χ4n) is 2.20. The third-order valence-electron chi connectivity index (χ3n) is 3.17. The van der Waals surface area contributed by atoms with Gasteiger partial charge in [0, 0.05) is 12.5 Å². The summed E-state index contributed by atoms with van der Waals surface area (Å²) >= 11 is 0. The standard InChI is InChI=1S/C14H17NO4/c16-10-19-13-7-6-12(8-13)15-14(17)18-9-11-4-2-1-3-5-11/h1-5,10,12-13H,6-9H2,(H,15,17)/t12-,13-/m0/s1. The van der Waals surface area contributed by atoms with E-state index >= 15 is 0 Å². The predicted octanol–water partition coefficient (Wildman–Crippen LogP) is 2.01. The Hall–Kier alpha value is -2.04. The van der Waals surface area contributed by atoms with Crippen molar-refractivity contribution in [1.82, 2.24) is 5.32 Å². The van der Waals surface area contributed by atoms with Gasteiger partial charge in [-0.15, -0.1) is 0 Å². The lowest BCUT2D eigenvalue weighted by atomic mass is 10.2. The van der Waals surface area contributed by atoms with Gasteiger partial charge in [0.15, 0.2) is 0 Å². The Morgan fingerprint density at radius 1 is 1.32 bits per heavy atom. The molecule has 0 bridgehead atoms. The van der Waals surface area contributed by atoms with Crippen molar-refractivity contribution in [3.05, 3.63) is 35.9 Å². The van der Waals surface area contributed by atoms with Crippen LogP contribution in [-0.2, 0) is 20.9 Å². The van der Waals surface area contributed by atoms with Gasteiger partial charge in [-0.2, -0.15) is 0 Å². The van der Waals surface area contributed by atoms with Gasteiger partial charge in [0.2, 0.25) is 0 Å². The van der Waals surface area contributed by atoms with Crippen LogP contribution >= 0.6 is 0 Å². The molecule has 1 fully saturated rings. The smallest absolute Gasteiger partial charge is 0.407 e. The van der Waals surface area contributed by atoms with E-state index in [1.807, 2.05) is 30.3 Å². The van der Waals surface area contributed by atoms with E-state index < -0.39 is 6.09 Å². The Kier molecular flexibility index (Phi) is 4.78. The number of hydrogen-bond donors (Lipinski definition) is 1. The average molecular weight is 263 g/mol. The second-order valence-corrected chi connectivity index (χ2v) is 4.57. The molecule has 1 amide bonds. The van der Waals surface area contributed by atoms with Crippen molar-refractivity contribution in [2.45, 2.75) is 38.0 Å². The minimum absolute atomic E-state index is 0.0215. The van der Waals surface area contributed by atoms with Crippen molar-refractivity contribution in [2.24, 2.45) is 0 Å². The van der Waals surface area contributed by atoms with Crippen molar-refractivity contribution in [3.8, 4) is 0 Å². The van der Waals surface area contributed by atoms with Gasteiger partial charge in [0.25, 0.3) is 6.47 Å².